The first-order valence-corrected chi connectivity index (χ1v) is 12.4. The summed E-state index contributed by atoms with van der Waals surface area (Å²) in [6, 6.07) is 10.6. The van der Waals surface area contributed by atoms with E-state index in [1.807, 2.05) is 24.3 Å². The summed E-state index contributed by atoms with van der Waals surface area (Å²) in [7, 11) is 0. The van der Waals surface area contributed by atoms with E-state index in [2.05, 4.69) is 64.3 Å². The van der Waals surface area contributed by atoms with Crippen LogP contribution in [0.5, 0.6) is 0 Å². The van der Waals surface area contributed by atoms with Crippen molar-refractivity contribution >= 4 is 17.6 Å². The summed E-state index contributed by atoms with van der Waals surface area (Å²) in [5.74, 6) is 6.38. The molecule has 0 spiro atoms. The predicted molar refractivity (Wildman–Crippen MR) is 141 cm³/mol. The molecule has 5 nitrogen and oxygen atoms in total. The second kappa shape index (κ2) is 9.67. The third-order valence-electron chi connectivity index (χ3n) is 7.49. The summed E-state index contributed by atoms with van der Waals surface area (Å²) in [6.07, 6.45) is 7.30. The van der Waals surface area contributed by atoms with Gasteiger partial charge < -0.3 is 10.6 Å². The van der Waals surface area contributed by atoms with E-state index in [1.54, 1.807) is 6.20 Å². The molecule has 0 amide bonds. The smallest absolute Gasteiger partial charge is 0.159 e. The number of hydrogen-bond acceptors (Lipinski definition) is 4. The van der Waals surface area contributed by atoms with E-state index in [0.29, 0.717) is 29.4 Å². The molecule has 3 aromatic rings. The van der Waals surface area contributed by atoms with Crippen LogP contribution in [0, 0.1) is 30.0 Å². The third kappa shape index (κ3) is 4.61. The molecule has 3 fully saturated rings. The zero-order chi connectivity index (χ0) is 24.4. The Bertz CT molecular complexity index is 1330. The number of fused-ring (bicyclic) bond motifs is 4. The van der Waals surface area contributed by atoms with E-state index in [0.717, 1.165) is 48.0 Å². The molecular formula is C29H32FN5. The molecule has 3 heterocycles. The van der Waals surface area contributed by atoms with Gasteiger partial charge in [0, 0.05) is 35.2 Å². The van der Waals surface area contributed by atoms with E-state index in [1.165, 1.54) is 18.4 Å². The highest BCUT2D eigenvalue weighted by atomic mass is 19.1. The van der Waals surface area contributed by atoms with Gasteiger partial charge in [0.1, 0.15) is 11.2 Å². The minimum Gasteiger partial charge on any atom is -0.383 e. The van der Waals surface area contributed by atoms with Crippen molar-refractivity contribution in [3.63, 3.8) is 0 Å². The molecule has 6 rings (SSSR count). The van der Waals surface area contributed by atoms with Crippen LogP contribution in [0.4, 0.5) is 4.39 Å². The van der Waals surface area contributed by atoms with E-state index in [-0.39, 0.29) is 11.2 Å². The van der Waals surface area contributed by atoms with Gasteiger partial charge in [-0.05, 0) is 62.8 Å². The number of aliphatic imine (C=N–C) groups is 1. The molecule has 35 heavy (non-hydrogen) atoms. The molecule has 6 heteroatoms. The first-order valence-electron chi connectivity index (χ1n) is 12.4. The van der Waals surface area contributed by atoms with Crippen LogP contribution in [0.25, 0.3) is 22.0 Å². The maximum atomic E-state index is 15.5. The first kappa shape index (κ1) is 23.3. The number of allylic oxidation sites excluding steroid dienone is 1. The van der Waals surface area contributed by atoms with Crippen molar-refractivity contribution < 1.29 is 4.39 Å². The maximum Gasteiger partial charge on any atom is 0.159 e. The molecule has 3 aliphatic rings. The number of rotatable bonds is 6. The molecular weight excluding hydrogens is 437 g/mol. The Morgan fingerprint density at radius 2 is 2.09 bits per heavy atom. The van der Waals surface area contributed by atoms with Crippen LogP contribution in [0.15, 0.2) is 47.2 Å². The molecule has 2 bridgehead atoms. The third-order valence-corrected chi connectivity index (χ3v) is 7.49. The Morgan fingerprint density at radius 1 is 1.29 bits per heavy atom. The molecule has 0 atom stereocenters. The fourth-order valence-electron chi connectivity index (χ4n) is 5.35. The number of H-pyrrole nitrogens is 1. The van der Waals surface area contributed by atoms with Crippen molar-refractivity contribution in [1.82, 2.24) is 20.8 Å². The minimum absolute atomic E-state index is 0.0580. The molecule has 0 unspecified atom stereocenters. The number of aromatic amines is 1. The largest absolute Gasteiger partial charge is 0.383 e. The van der Waals surface area contributed by atoms with Crippen molar-refractivity contribution in [2.45, 2.75) is 58.5 Å². The Hall–Kier alpha value is -3.43. The van der Waals surface area contributed by atoms with Crippen molar-refractivity contribution in [2.75, 3.05) is 6.54 Å². The van der Waals surface area contributed by atoms with Crippen LogP contribution < -0.4 is 10.6 Å². The van der Waals surface area contributed by atoms with Gasteiger partial charge in [-0.1, -0.05) is 48.7 Å². The fraction of sp³-hybridized carbons (Fsp3) is 0.379. The number of nitrogens with one attached hydrogen (secondary N) is 3. The number of aryl methyl sites for hydroxylation is 2. The molecule has 180 valence electrons. The standard InChI is InChI=1S/C29H32FN5/c1-4-20-15-19(2)5-6-23(20)24-7-8-25-26(34-35-28(25)27(24)30)17-32-16-22(31-3)11-14-29-12-9-21(10-13-29)33-18-29/h5-8,15-16,21,32-33H,3-4,9-10,12-13,17-18H2,1-2H3,(H,34,35)/b22-16-. The topological polar surface area (TPSA) is 65.1 Å². The van der Waals surface area contributed by atoms with Crippen LogP contribution in [0.3, 0.4) is 0 Å². The van der Waals surface area contributed by atoms with Gasteiger partial charge in [-0.2, -0.15) is 5.10 Å². The monoisotopic (exact) mass is 469 g/mol. The fourth-order valence-corrected chi connectivity index (χ4v) is 5.35. The van der Waals surface area contributed by atoms with Gasteiger partial charge in [0.25, 0.3) is 0 Å². The summed E-state index contributed by atoms with van der Waals surface area (Å²) in [4.78, 5) is 4.08. The molecule has 1 aliphatic carbocycles. The Kier molecular flexibility index (Phi) is 6.44. The second-order valence-corrected chi connectivity index (χ2v) is 9.79. The summed E-state index contributed by atoms with van der Waals surface area (Å²) in [5.41, 5.74) is 5.64. The number of aromatic nitrogens is 2. The Balaban J connectivity index is 1.33. The Morgan fingerprint density at radius 3 is 2.80 bits per heavy atom. The molecule has 2 aliphatic heterocycles. The first-order chi connectivity index (χ1) is 17.0. The highest BCUT2D eigenvalue weighted by Crippen LogP contribution is 2.39. The molecule has 2 saturated heterocycles. The lowest BCUT2D eigenvalue weighted by Crippen LogP contribution is -2.50. The lowest BCUT2D eigenvalue weighted by molar-refractivity contribution is 0.153. The highest BCUT2D eigenvalue weighted by molar-refractivity contribution is 5.87. The van der Waals surface area contributed by atoms with Crippen molar-refractivity contribution in [3.05, 3.63) is 64.9 Å². The number of hydrogen-bond donors (Lipinski definition) is 3. The van der Waals surface area contributed by atoms with Gasteiger partial charge in [0.15, 0.2) is 5.82 Å². The average Bonchev–Trinajstić information content (AvgIpc) is 3.31. The molecule has 0 radical (unpaired) electrons. The van der Waals surface area contributed by atoms with Crippen LogP contribution >= 0.6 is 0 Å². The van der Waals surface area contributed by atoms with E-state index in [9.17, 15) is 0 Å². The minimum atomic E-state index is -0.298. The predicted octanol–water partition coefficient (Wildman–Crippen LogP) is 5.41. The number of piperidine rings is 2. The van der Waals surface area contributed by atoms with Crippen molar-refractivity contribution in [1.29, 1.82) is 0 Å². The van der Waals surface area contributed by atoms with Gasteiger partial charge in [0.05, 0.1) is 12.2 Å². The molecule has 2 aromatic carbocycles. The highest BCUT2D eigenvalue weighted by Gasteiger charge is 2.38. The number of benzene rings is 2. The zero-order valence-electron chi connectivity index (χ0n) is 20.5. The van der Waals surface area contributed by atoms with Gasteiger partial charge in [-0.3, -0.25) is 10.1 Å². The molecule has 1 saturated carbocycles. The molecule has 3 N–H and O–H groups in total. The van der Waals surface area contributed by atoms with Crippen molar-refractivity contribution in [2.24, 2.45) is 10.4 Å². The van der Waals surface area contributed by atoms with E-state index in [4.69, 9.17) is 0 Å². The van der Waals surface area contributed by atoms with Gasteiger partial charge in [0.2, 0.25) is 0 Å². The van der Waals surface area contributed by atoms with Gasteiger partial charge in [-0.25, -0.2) is 4.39 Å². The van der Waals surface area contributed by atoms with E-state index < -0.39 is 0 Å². The maximum absolute atomic E-state index is 15.5. The molecule has 1 aromatic heterocycles. The Labute approximate surface area is 206 Å². The SMILES string of the molecule is C=N/C(C#CC12CCC(CC1)NC2)=C\NCc1[nH]nc2c(F)c(-c3ccc(C)cc3CC)ccc12. The van der Waals surface area contributed by atoms with Crippen LogP contribution in [-0.4, -0.2) is 29.5 Å². The van der Waals surface area contributed by atoms with E-state index >= 15 is 4.39 Å². The summed E-state index contributed by atoms with van der Waals surface area (Å²) >= 11 is 0. The normalized spacial score (nSPS) is 21.6. The van der Waals surface area contributed by atoms with Gasteiger partial charge >= 0.3 is 0 Å². The van der Waals surface area contributed by atoms with Crippen molar-refractivity contribution in [3.8, 4) is 23.0 Å². The average molecular weight is 470 g/mol. The van der Waals surface area contributed by atoms with Crippen LogP contribution in [-0.2, 0) is 13.0 Å². The quantitative estimate of drug-likeness (QED) is 0.334. The number of halogens is 1. The van der Waals surface area contributed by atoms with Gasteiger partial charge in [-0.15, -0.1) is 0 Å². The summed E-state index contributed by atoms with van der Waals surface area (Å²) in [6.45, 7) is 9.23. The van der Waals surface area contributed by atoms with Crippen LogP contribution in [0.2, 0.25) is 0 Å². The lowest BCUT2D eigenvalue weighted by Gasteiger charge is -2.44. The number of nitrogens with zero attached hydrogens (tertiary/aromatic N) is 2. The summed E-state index contributed by atoms with van der Waals surface area (Å²) < 4.78 is 15.5. The lowest BCUT2D eigenvalue weighted by atomic mass is 9.69. The second-order valence-electron chi connectivity index (χ2n) is 9.79. The summed E-state index contributed by atoms with van der Waals surface area (Å²) in [5, 5.41) is 14.9. The van der Waals surface area contributed by atoms with Crippen LogP contribution in [0.1, 0.15) is 49.4 Å². The zero-order valence-corrected chi connectivity index (χ0v) is 20.5.